The molecule has 2 aliphatic carbocycles. The number of benzene rings is 5. The SMILES string of the molecule is BrCCBr.N#CC1(c2cccc(N)c2)CC1.N#CC1(c2cccc([N+](=O)[O-])c2)CC1.N#CCc1cccc([N+](=O)[O-])c1.O=[N+]([O-])c1cccc(CBr)c1.O=[N+]([O-])c1cccc(CO)c1.[C-]#N.[K+]. The van der Waals surface area contributed by atoms with Crippen LogP contribution in [-0.4, -0.2) is 35.5 Å². The molecule has 2 fully saturated rings. The van der Waals surface area contributed by atoms with Gasteiger partial charge in [-0.2, -0.15) is 15.8 Å². The van der Waals surface area contributed by atoms with Gasteiger partial charge in [-0.15, -0.1) is 0 Å². The molecule has 5 aromatic carbocycles. The van der Waals surface area contributed by atoms with Gasteiger partial charge in [0.05, 0.1) is 61.8 Å². The van der Waals surface area contributed by atoms with Crippen LogP contribution in [0, 0.1) is 86.3 Å². The molecular formula is C45H41Br3KN9O9. The van der Waals surface area contributed by atoms with Gasteiger partial charge in [0.15, 0.2) is 0 Å². The van der Waals surface area contributed by atoms with Crippen molar-refractivity contribution in [2.75, 3.05) is 16.4 Å². The predicted octanol–water partition coefficient (Wildman–Crippen LogP) is 8.09. The Morgan fingerprint density at radius 3 is 1.25 bits per heavy atom. The van der Waals surface area contributed by atoms with Crippen LogP contribution in [0.2, 0.25) is 0 Å². The molecule has 7 rings (SSSR count). The number of nitriles is 3. The van der Waals surface area contributed by atoms with Crippen molar-refractivity contribution in [2.45, 2.75) is 54.9 Å². The molecule has 0 spiro atoms. The maximum Gasteiger partial charge on any atom is 1.00 e. The van der Waals surface area contributed by atoms with E-state index in [1.165, 1.54) is 42.5 Å². The fourth-order valence-electron chi connectivity index (χ4n) is 5.33. The monoisotopic (exact) mass is 1130 g/mol. The molecule has 0 aliphatic heterocycles. The molecule has 2 aliphatic rings. The Morgan fingerprint density at radius 2 is 0.910 bits per heavy atom. The number of nitrogen functional groups attached to an aromatic ring is 1. The summed E-state index contributed by atoms with van der Waals surface area (Å²) in [6, 6.07) is 39.0. The normalized spacial score (nSPS) is 12.0. The third-order valence-corrected chi connectivity index (χ3v) is 11.5. The number of non-ortho nitro benzene ring substituents is 4. The van der Waals surface area contributed by atoms with Crippen LogP contribution in [-0.2, 0) is 29.2 Å². The fraction of sp³-hybridized carbons (Fsp3) is 0.244. The second-order valence-electron chi connectivity index (χ2n) is 13.6. The van der Waals surface area contributed by atoms with E-state index in [4.69, 9.17) is 38.5 Å². The van der Waals surface area contributed by atoms with Crippen molar-refractivity contribution >= 4 is 76.2 Å². The van der Waals surface area contributed by atoms with E-state index in [1.807, 2.05) is 36.4 Å². The fourth-order valence-corrected chi connectivity index (χ4v) is 5.68. The van der Waals surface area contributed by atoms with Crippen molar-refractivity contribution in [2.24, 2.45) is 0 Å². The predicted molar refractivity (Wildman–Crippen MR) is 257 cm³/mol. The zero-order valence-electron chi connectivity index (χ0n) is 35.9. The third-order valence-electron chi connectivity index (χ3n) is 9.03. The Morgan fingerprint density at radius 1 is 0.567 bits per heavy atom. The summed E-state index contributed by atoms with van der Waals surface area (Å²) in [6.07, 6.45) is 3.79. The van der Waals surface area contributed by atoms with Gasteiger partial charge in [-0.1, -0.05) is 108 Å². The summed E-state index contributed by atoms with van der Waals surface area (Å²) in [4.78, 5) is 39.5. The van der Waals surface area contributed by atoms with Crippen LogP contribution in [0.4, 0.5) is 28.4 Å². The summed E-state index contributed by atoms with van der Waals surface area (Å²) >= 11 is 9.62. The first-order valence-corrected chi connectivity index (χ1v) is 22.5. The maximum atomic E-state index is 10.5. The molecule has 0 amide bonds. The molecular weight excluding hydrogens is 1090 g/mol. The minimum atomic E-state index is -0.487. The average Bonchev–Trinajstić information content (AvgIpc) is 4.30. The van der Waals surface area contributed by atoms with E-state index in [-0.39, 0.29) is 92.6 Å². The van der Waals surface area contributed by atoms with Crippen LogP contribution in [0.5, 0.6) is 0 Å². The van der Waals surface area contributed by atoms with Crippen LogP contribution < -0.4 is 57.1 Å². The first-order valence-electron chi connectivity index (χ1n) is 19.1. The second kappa shape index (κ2) is 33.0. The van der Waals surface area contributed by atoms with Crippen molar-refractivity contribution in [1.29, 1.82) is 21.0 Å². The summed E-state index contributed by atoms with van der Waals surface area (Å²) in [5.41, 5.74) is 9.97. The van der Waals surface area contributed by atoms with Gasteiger partial charge in [0.1, 0.15) is 0 Å². The summed E-state index contributed by atoms with van der Waals surface area (Å²) in [5, 5.41) is 85.0. The number of alkyl halides is 3. The number of anilines is 1. The van der Waals surface area contributed by atoms with E-state index < -0.39 is 25.1 Å². The quantitative estimate of drug-likeness (QED) is 0.0333. The van der Waals surface area contributed by atoms with E-state index in [2.05, 4.69) is 59.9 Å². The molecule has 0 atom stereocenters. The number of rotatable bonds is 10. The van der Waals surface area contributed by atoms with Crippen LogP contribution >= 0.6 is 47.8 Å². The largest absolute Gasteiger partial charge is 1.00 e. The minimum absolute atomic E-state index is 0. The number of aliphatic hydroxyl groups is 1. The van der Waals surface area contributed by atoms with Gasteiger partial charge in [0.2, 0.25) is 0 Å². The molecule has 18 nitrogen and oxygen atoms in total. The number of nitro groups is 4. The smallest absolute Gasteiger partial charge is 0.512 e. The van der Waals surface area contributed by atoms with Crippen molar-refractivity contribution in [1.82, 2.24) is 0 Å². The molecule has 0 unspecified atom stereocenters. The number of halogens is 3. The summed E-state index contributed by atoms with van der Waals surface area (Å²) in [7, 11) is 0. The standard InChI is InChI=1S/C10H8N2O2.C10H10N2.C8H6N2O2.C7H6BrNO2.C7H7NO3.C2H4Br2.CN.K/c11-7-10(4-5-10)8-2-1-3-9(6-8)12(13)14;11-7-10(4-5-10)8-2-1-3-9(12)6-8;9-5-4-7-2-1-3-8(6-7)10(11)12;8-5-6-2-1-3-7(4-6)9(10)11;9-5-6-2-1-3-7(4-6)8(10)11;3-1-2-4;1-2;/h1-3,6H,4-5H2;1-3,6H,4-5,12H2;1-3,6H,4H2;1-4H,5H2;1-4,9H,5H2;1-2H2;;/q;;;;;;-1;+1. The van der Waals surface area contributed by atoms with Gasteiger partial charge in [0, 0.05) is 70.2 Å². The Balaban J connectivity index is 0.000000788. The Hall–Kier alpha value is -5.50. The van der Waals surface area contributed by atoms with Crippen LogP contribution in [0.3, 0.4) is 0 Å². The third kappa shape index (κ3) is 22.2. The molecule has 3 N–H and O–H groups in total. The zero-order valence-corrected chi connectivity index (χ0v) is 43.8. The minimum Gasteiger partial charge on any atom is -0.512 e. The van der Waals surface area contributed by atoms with Crippen molar-refractivity contribution in [3.05, 3.63) is 196 Å². The van der Waals surface area contributed by atoms with Gasteiger partial charge in [-0.25, -0.2) is 0 Å². The summed E-state index contributed by atoms with van der Waals surface area (Å²) in [6.45, 7) is 4.58. The second-order valence-corrected chi connectivity index (χ2v) is 15.8. The molecule has 67 heavy (non-hydrogen) atoms. The van der Waals surface area contributed by atoms with E-state index in [9.17, 15) is 40.5 Å². The Labute approximate surface area is 454 Å². The van der Waals surface area contributed by atoms with Crippen LogP contribution in [0.25, 0.3) is 0 Å². The Bertz CT molecular complexity index is 2500. The first kappa shape index (κ1) is 61.5. The van der Waals surface area contributed by atoms with E-state index in [0.29, 0.717) is 16.5 Å². The van der Waals surface area contributed by atoms with Crippen LogP contribution in [0.15, 0.2) is 121 Å². The van der Waals surface area contributed by atoms with Gasteiger partial charge in [-0.05, 0) is 65.6 Å². The number of aliphatic hydroxyl groups excluding tert-OH is 1. The number of hydrogen-bond acceptors (Lipinski definition) is 14. The van der Waals surface area contributed by atoms with Gasteiger partial charge in [-0.3, -0.25) is 40.5 Å². The van der Waals surface area contributed by atoms with Crippen molar-refractivity contribution in [3.63, 3.8) is 0 Å². The number of nitrogens with zero attached hydrogens (tertiary/aromatic N) is 8. The molecule has 5 aromatic rings. The molecule has 342 valence electrons. The number of nitrogens with two attached hydrogens (primary N) is 1. The molecule has 2 saturated carbocycles. The first-order chi connectivity index (χ1) is 31.6. The average molecular weight is 1130 g/mol. The Kier molecular flexibility index (Phi) is 30.3. The van der Waals surface area contributed by atoms with E-state index in [0.717, 1.165) is 58.7 Å². The summed E-state index contributed by atoms with van der Waals surface area (Å²) in [5.74, 6) is 0. The van der Waals surface area contributed by atoms with Crippen LogP contribution in [0.1, 0.15) is 53.5 Å². The summed E-state index contributed by atoms with van der Waals surface area (Å²) < 4.78 is 0. The zero-order chi connectivity index (χ0) is 49.7. The van der Waals surface area contributed by atoms with Gasteiger partial charge >= 0.3 is 51.4 Å². The topological polar surface area (TPSA) is 314 Å². The van der Waals surface area contributed by atoms with Gasteiger partial charge in [0.25, 0.3) is 22.7 Å². The maximum absolute atomic E-state index is 10.5. The molecule has 22 heteroatoms. The molecule has 0 bridgehead atoms. The molecule has 0 saturated heterocycles. The molecule has 0 radical (unpaired) electrons. The molecule has 0 heterocycles. The van der Waals surface area contributed by atoms with E-state index >= 15 is 0 Å². The van der Waals surface area contributed by atoms with Crippen molar-refractivity contribution < 1.29 is 76.2 Å². The van der Waals surface area contributed by atoms with Crippen molar-refractivity contribution in [3.8, 4) is 18.2 Å². The van der Waals surface area contributed by atoms with E-state index in [1.54, 1.807) is 48.5 Å². The number of hydrogen-bond donors (Lipinski definition) is 2. The van der Waals surface area contributed by atoms with Gasteiger partial charge < -0.3 is 22.7 Å². The molecule has 0 aromatic heterocycles. The number of nitro benzene ring substituents is 4.